The first-order valence-electron chi connectivity index (χ1n) is 7.25. The molecule has 1 N–H and O–H groups in total. The summed E-state index contributed by atoms with van der Waals surface area (Å²) >= 11 is 0. The number of carbonyl (C=O) groups excluding carboxylic acids is 1. The Kier molecular flexibility index (Phi) is 3.92. The number of aryl methyl sites for hydroxylation is 1. The van der Waals surface area contributed by atoms with Crippen molar-refractivity contribution in [1.82, 2.24) is 0 Å². The Morgan fingerprint density at radius 2 is 1.95 bits per heavy atom. The van der Waals surface area contributed by atoms with Crippen LogP contribution in [0.2, 0.25) is 0 Å². The molecule has 0 fully saturated rings. The number of ether oxygens (including phenoxy) is 1. The third-order valence-electron chi connectivity index (χ3n) is 3.79. The number of ketones is 1. The highest BCUT2D eigenvalue weighted by molar-refractivity contribution is 6.12. The van der Waals surface area contributed by atoms with Crippen molar-refractivity contribution in [2.75, 3.05) is 0 Å². The smallest absolute Gasteiger partial charge is 0.303 e. The molecular formula is C18H16O4. The quantitative estimate of drug-likeness (QED) is 0.941. The molecule has 0 atom stereocenters. The molecule has 0 saturated heterocycles. The van der Waals surface area contributed by atoms with Crippen molar-refractivity contribution >= 4 is 11.8 Å². The van der Waals surface area contributed by atoms with Gasteiger partial charge in [0.15, 0.2) is 5.78 Å². The molecular weight excluding hydrogens is 280 g/mol. The third kappa shape index (κ3) is 2.86. The fourth-order valence-electron chi connectivity index (χ4n) is 2.65. The van der Waals surface area contributed by atoms with Gasteiger partial charge in [-0.15, -0.1) is 0 Å². The van der Waals surface area contributed by atoms with Crippen LogP contribution in [0.1, 0.15) is 39.9 Å². The lowest BCUT2D eigenvalue weighted by Crippen LogP contribution is -2.03. The van der Waals surface area contributed by atoms with Gasteiger partial charge in [-0.2, -0.15) is 0 Å². The van der Waals surface area contributed by atoms with E-state index >= 15 is 0 Å². The van der Waals surface area contributed by atoms with E-state index in [4.69, 9.17) is 9.84 Å². The third-order valence-corrected chi connectivity index (χ3v) is 3.79. The van der Waals surface area contributed by atoms with Crippen LogP contribution < -0.4 is 4.74 Å². The van der Waals surface area contributed by atoms with Crippen molar-refractivity contribution in [3.63, 3.8) is 0 Å². The highest BCUT2D eigenvalue weighted by atomic mass is 16.5. The predicted molar refractivity (Wildman–Crippen MR) is 81.2 cm³/mol. The van der Waals surface area contributed by atoms with Crippen molar-refractivity contribution in [1.29, 1.82) is 0 Å². The highest BCUT2D eigenvalue weighted by Gasteiger charge is 2.22. The Bertz CT molecular complexity index is 734. The summed E-state index contributed by atoms with van der Waals surface area (Å²) in [5, 5.41) is 8.70. The second-order valence-corrected chi connectivity index (χ2v) is 5.35. The predicted octanol–water partition coefficient (Wildman–Crippen LogP) is 3.22. The van der Waals surface area contributed by atoms with E-state index in [1.165, 1.54) is 0 Å². The van der Waals surface area contributed by atoms with Gasteiger partial charge in [-0.3, -0.25) is 9.59 Å². The maximum Gasteiger partial charge on any atom is 0.303 e. The summed E-state index contributed by atoms with van der Waals surface area (Å²) in [4.78, 5) is 23.3. The van der Waals surface area contributed by atoms with Crippen molar-refractivity contribution in [2.45, 2.75) is 25.9 Å². The van der Waals surface area contributed by atoms with Gasteiger partial charge in [-0.25, -0.2) is 0 Å². The van der Waals surface area contributed by atoms with E-state index in [9.17, 15) is 9.59 Å². The van der Waals surface area contributed by atoms with E-state index in [0.29, 0.717) is 36.3 Å². The monoisotopic (exact) mass is 296 g/mol. The molecule has 4 heteroatoms. The number of rotatable bonds is 4. The second kappa shape index (κ2) is 6.02. The molecule has 22 heavy (non-hydrogen) atoms. The van der Waals surface area contributed by atoms with Crippen molar-refractivity contribution in [3.05, 3.63) is 64.7 Å². The van der Waals surface area contributed by atoms with Gasteiger partial charge < -0.3 is 9.84 Å². The molecule has 1 aliphatic rings. The average molecular weight is 296 g/mol. The molecule has 0 amide bonds. The first kappa shape index (κ1) is 14.3. The second-order valence-electron chi connectivity index (χ2n) is 5.35. The van der Waals surface area contributed by atoms with E-state index in [1.807, 2.05) is 36.4 Å². The van der Waals surface area contributed by atoms with Crippen LogP contribution in [0, 0.1) is 0 Å². The van der Waals surface area contributed by atoms with E-state index in [0.717, 1.165) is 11.1 Å². The Morgan fingerprint density at radius 3 is 2.77 bits per heavy atom. The number of hydrogen-bond acceptors (Lipinski definition) is 3. The van der Waals surface area contributed by atoms with Gasteiger partial charge in [0.25, 0.3) is 0 Å². The van der Waals surface area contributed by atoms with Crippen LogP contribution in [-0.2, 0) is 17.8 Å². The molecule has 0 radical (unpaired) electrons. The van der Waals surface area contributed by atoms with E-state index in [1.54, 1.807) is 6.07 Å². The number of benzene rings is 2. The number of fused-ring (bicyclic) bond motifs is 2. The van der Waals surface area contributed by atoms with Gasteiger partial charge in [-0.05, 0) is 30.5 Å². The number of carboxylic acid groups (broad SMARTS) is 1. The minimum absolute atomic E-state index is 0.0387. The topological polar surface area (TPSA) is 63.6 Å². The molecule has 0 saturated carbocycles. The lowest BCUT2D eigenvalue weighted by atomic mass is 9.96. The minimum Gasteiger partial charge on any atom is -0.488 e. The summed E-state index contributed by atoms with van der Waals surface area (Å²) in [5.74, 6) is -0.255. The molecule has 112 valence electrons. The summed E-state index contributed by atoms with van der Waals surface area (Å²) < 4.78 is 5.73. The first-order chi connectivity index (χ1) is 10.6. The van der Waals surface area contributed by atoms with Gasteiger partial charge in [0.2, 0.25) is 0 Å². The van der Waals surface area contributed by atoms with Crippen LogP contribution in [0.25, 0.3) is 0 Å². The molecule has 4 nitrogen and oxygen atoms in total. The fraction of sp³-hybridized carbons (Fsp3) is 0.222. The minimum atomic E-state index is -0.803. The SMILES string of the molecule is O=C(O)CCCc1ccc2c(c1)C(=O)c1ccccc1CO2. The maximum absolute atomic E-state index is 12.7. The molecule has 0 unspecified atom stereocenters. The normalized spacial score (nSPS) is 12.8. The zero-order valence-corrected chi connectivity index (χ0v) is 12.0. The lowest BCUT2D eigenvalue weighted by molar-refractivity contribution is -0.137. The van der Waals surface area contributed by atoms with Crippen molar-refractivity contribution < 1.29 is 19.4 Å². The van der Waals surface area contributed by atoms with Crippen LogP contribution in [0.5, 0.6) is 5.75 Å². The number of hydrogen-bond donors (Lipinski definition) is 1. The Labute approximate surface area is 128 Å². The largest absolute Gasteiger partial charge is 0.488 e. The summed E-state index contributed by atoms with van der Waals surface area (Å²) in [6.07, 6.45) is 1.32. The Morgan fingerprint density at radius 1 is 1.14 bits per heavy atom. The standard InChI is InChI=1S/C18H16O4/c19-17(20)7-3-4-12-8-9-16-15(10-12)18(21)14-6-2-1-5-13(14)11-22-16/h1-2,5-6,8-10H,3-4,7,11H2,(H,19,20). The molecule has 0 aliphatic carbocycles. The lowest BCUT2D eigenvalue weighted by Gasteiger charge is -2.08. The Hall–Kier alpha value is -2.62. The van der Waals surface area contributed by atoms with Crippen molar-refractivity contribution in [3.8, 4) is 5.75 Å². The summed E-state index contributed by atoms with van der Waals surface area (Å²) in [6.45, 7) is 0.382. The van der Waals surface area contributed by atoms with Crippen LogP contribution in [-0.4, -0.2) is 16.9 Å². The van der Waals surface area contributed by atoms with E-state index in [-0.39, 0.29) is 12.2 Å². The van der Waals surface area contributed by atoms with Gasteiger partial charge in [0.1, 0.15) is 12.4 Å². The summed E-state index contributed by atoms with van der Waals surface area (Å²) in [7, 11) is 0. The summed E-state index contributed by atoms with van der Waals surface area (Å²) in [6, 6.07) is 13.0. The van der Waals surface area contributed by atoms with Gasteiger partial charge in [0, 0.05) is 17.5 Å². The molecule has 1 heterocycles. The number of carbonyl (C=O) groups is 2. The Balaban J connectivity index is 1.89. The molecule has 0 aromatic heterocycles. The van der Waals surface area contributed by atoms with Crippen LogP contribution >= 0.6 is 0 Å². The summed E-state index contributed by atoms with van der Waals surface area (Å²) in [5.41, 5.74) is 3.06. The van der Waals surface area contributed by atoms with Gasteiger partial charge in [0.05, 0.1) is 5.56 Å². The molecule has 2 aromatic rings. The number of aliphatic carboxylic acids is 1. The molecule has 0 spiro atoms. The van der Waals surface area contributed by atoms with Crippen LogP contribution in [0.4, 0.5) is 0 Å². The van der Waals surface area contributed by atoms with Gasteiger partial charge in [-0.1, -0.05) is 30.3 Å². The molecule has 1 aliphatic heterocycles. The molecule has 0 bridgehead atoms. The van der Waals surface area contributed by atoms with E-state index in [2.05, 4.69) is 0 Å². The van der Waals surface area contributed by atoms with Crippen LogP contribution in [0.15, 0.2) is 42.5 Å². The maximum atomic E-state index is 12.7. The zero-order valence-electron chi connectivity index (χ0n) is 12.0. The molecule has 3 rings (SSSR count). The first-order valence-corrected chi connectivity index (χ1v) is 7.25. The average Bonchev–Trinajstić information content (AvgIpc) is 2.65. The zero-order chi connectivity index (χ0) is 15.5. The van der Waals surface area contributed by atoms with E-state index < -0.39 is 5.97 Å². The number of carboxylic acids is 1. The van der Waals surface area contributed by atoms with Gasteiger partial charge >= 0.3 is 5.97 Å². The van der Waals surface area contributed by atoms with Crippen LogP contribution in [0.3, 0.4) is 0 Å². The van der Waals surface area contributed by atoms with Crippen molar-refractivity contribution in [2.24, 2.45) is 0 Å². The fourth-order valence-corrected chi connectivity index (χ4v) is 2.65. The highest BCUT2D eigenvalue weighted by Crippen LogP contribution is 2.29. The molecule has 2 aromatic carbocycles.